The maximum absolute atomic E-state index is 8.77. The van der Waals surface area contributed by atoms with Crippen molar-refractivity contribution in [3.8, 4) is 0 Å². The summed E-state index contributed by atoms with van der Waals surface area (Å²) in [6.45, 7) is 4.00. The zero-order valence-electron chi connectivity index (χ0n) is 3.56. The Morgan fingerprint density at radius 1 is 1.60 bits per heavy atom. The van der Waals surface area contributed by atoms with Crippen LogP contribution in [0.1, 0.15) is 13.8 Å². The Morgan fingerprint density at radius 3 is 1.60 bits per heavy atom. The Bertz CT molecular complexity index is 14.4. The molecular formula is C3H9OP. The summed E-state index contributed by atoms with van der Waals surface area (Å²) in [6, 6.07) is 0.667. The molecule has 0 saturated heterocycles. The van der Waals surface area contributed by atoms with Crippen LogP contribution in [-0.2, 0) is 4.79 Å². The molecule has 0 aliphatic carbocycles. The van der Waals surface area contributed by atoms with Gasteiger partial charge in [-0.3, -0.25) is 4.79 Å². The lowest BCUT2D eigenvalue weighted by molar-refractivity contribution is 0.570. The fourth-order valence-corrected chi connectivity index (χ4v) is 0. The summed E-state index contributed by atoms with van der Waals surface area (Å²) >= 11 is 0. The van der Waals surface area contributed by atoms with E-state index in [1.54, 1.807) is 0 Å². The molecule has 0 aromatic rings. The third kappa shape index (κ3) is 1810. The Labute approximate surface area is 35.0 Å². The molecule has 0 radical (unpaired) electrons. The van der Waals surface area contributed by atoms with Crippen LogP contribution in [-0.4, -0.2) is 6.03 Å². The quantitative estimate of drug-likeness (QED) is 0.322. The topological polar surface area (TPSA) is 17.1 Å². The largest absolute Gasteiger partial charge is 0.299 e. The SMILES string of the molecule is CC.O=CP. The molecule has 1 nitrogen and oxygen atoms in total. The first-order valence-electron chi connectivity index (χ1n) is 1.57. The molecule has 0 aliphatic rings. The van der Waals surface area contributed by atoms with Gasteiger partial charge in [0.15, 0.2) is 0 Å². The maximum atomic E-state index is 8.77. The van der Waals surface area contributed by atoms with Gasteiger partial charge in [0.1, 0.15) is 6.03 Å². The normalized spacial score (nSPS) is 3.80. The molecule has 0 aromatic heterocycles. The van der Waals surface area contributed by atoms with Crippen LogP contribution in [0.15, 0.2) is 0 Å². The molecule has 0 aliphatic heterocycles. The molecule has 0 N–H and O–H groups in total. The zero-order valence-corrected chi connectivity index (χ0v) is 4.72. The Balaban J connectivity index is 0. The second-order valence-electron chi connectivity index (χ2n) is 0.136. The molecule has 0 fully saturated rings. The Hall–Kier alpha value is 0.100. The standard InChI is InChI=1S/C2H6.CH3OP/c1-2;2-1-3/h1-2H3;1H,3H2. The van der Waals surface area contributed by atoms with Gasteiger partial charge in [-0.1, -0.05) is 23.1 Å². The average molecular weight is 92.1 g/mol. The van der Waals surface area contributed by atoms with Crippen molar-refractivity contribution in [1.29, 1.82) is 0 Å². The van der Waals surface area contributed by atoms with Crippen molar-refractivity contribution in [3.05, 3.63) is 0 Å². The van der Waals surface area contributed by atoms with Gasteiger partial charge in [-0.25, -0.2) is 0 Å². The molecule has 0 rings (SSSR count). The minimum Gasteiger partial charge on any atom is -0.299 e. The van der Waals surface area contributed by atoms with Crippen molar-refractivity contribution in [2.45, 2.75) is 13.8 Å². The lowest BCUT2D eigenvalue weighted by Crippen LogP contribution is -1.22. The van der Waals surface area contributed by atoms with Gasteiger partial charge in [0.05, 0.1) is 0 Å². The van der Waals surface area contributed by atoms with E-state index in [9.17, 15) is 0 Å². The highest BCUT2D eigenvalue weighted by Gasteiger charge is 1.23. The van der Waals surface area contributed by atoms with Gasteiger partial charge in [-0.05, 0) is 0 Å². The molecular weight excluding hydrogens is 83.0 g/mol. The van der Waals surface area contributed by atoms with E-state index in [0.717, 1.165) is 0 Å². The van der Waals surface area contributed by atoms with E-state index >= 15 is 0 Å². The summed E-state index contributed by atoms with van der Waals surface area (Å²) in [5.41, 5.74) is 0. The van der Waals surface area contributed by atoms with E-state index in [1.165, 1.54) is 0 Å². The van der Waals surface area contributed by atoms with Crippen LogP contribution in [0.2, 0.25) is 0 Å². The lowest BCUT2D eigenvalue weighted by Gasteiger charge is -1.24. The molecule has 0 spiro atoms. The monoisotopic (exact) mass is 92.0 g/mol. The van der Waals surface area contributed by atoms with Gasteiger partial charge in [0, 0.05) is 0 Å². The first kappa shape index (κ1) is 8.92. The third-order valence-corrected chi connectivity index (χ3v) is 0. The second kappa shape index (κ2) is 32.6. The predicted octanol–water partition coefficient (Wildman–Crippen LogP) is 1.08. The van der Waals surface area contributed by atoms with Crippen LogP contribution in [0.25, 0.3) is 0 Å². The van der Waals surface area contributed by atoms with Crippen molar-refractivity contribution in [1.82, 2.24) is 0 Å². The van der Waals surface area contributed by atoms with Gasteiger partial charge < -0.3 is 0 Å². The first-order valence-corrected chi connectivity index (χ1v) is 2.24. The smallest absolute Gasteiger partial charge is 0.135 e. The maximum Gasteiger partial charge on any atom is 0.135 e. The molecule has 32 valence electrons. The van der Waals surface area contributed by atoms with Crippen LogP contribution in [0.3, 0.4) is 0 Å². The Kier molecular flexibility index (Phi) is 58.1. The van der Waals surface area contributed by atoms with Gasteiger partial charge in [-0.2, -0.15) is 0 Å². The first-order chi connectivity index (χ1) is 2.41. The van der Waals surface area contributed by atoms with Gasteiger partial charge in [0.2, 0.25) is 0 Å². The summed E-state index contributed by atoms with van der Waals surface area (Å²) in [5, 5.41) is 0. The number of hydrogen-bond donors (Lipinski definition) is 0. The molecule has 1 atom stereocenters. The second-order valence-corrected chi connectivity index (χ2v) is 0.408. The van der Waals surface area contributed by atoms with Crippen LogP contribution in [0.4, 0.5) is 0 Å². The zero-order chi connectivity index (χ0) is 4.71. The van der Waals surface area contributed by atoms with Crippen molar-refractivity contribution in [3.63, 3.8) is 0 Å². The minimum atomic E-state index is 0.667. The summed E-state index contributed by atoms with van der Waals surface area (Å²) in [5.74, 6) is 0. The van der Waals surface area contributed by atoms with Crippen molar-refractivity contribution in [2.75, 3.05) is 0 Å². The van der Waals surface area contributed by atoms with Gasteiger partial charge in [0.25, 0.3) is 0 Å². The molecule has 5 heavy (non-hydrogen) atoms. The average Bonchev–Trinajstić information content (AvgIpc) is 1.46. The van der Waals surface area contributed by atoms with Crippen LogP contribution < -0.4 is 0 Å². The lowest BCUT2D eigenvalue weighted by atomic mass is 11.0. The van der Waals surface area contributed by atoms with Crippen LogP contribution >= 0.6 is 9.24 Å². The molecule has 0 amide bonds. The van der Waals surface area contributed by atoms with Crippen LogP contribution in [0.5, 0.6) is 0 Å². The molecule has 0 bridgehead atoms. The van der Waals surface area contributed by atoms with Crippen LogP contribution in [0, 0.1) is 0 Å². The highest BCUT2D eigenvalue weighted by molar-refractivity contribution is 7.36. The molecule has 2 heteroatoms. The van der Waals surface area contributed by atoms with Crippen molar-refractivity contribution < 1.29 is 4.79 Å². The van der Waals surface area contributed by atoms with E-state index < -0.39 is 0 Å². The summed E-state index contributed by atoms with van der Waals surface area (Å²) < 4.78 is 0. The van der Waals surface area contributed by atoms with E-state index in [4.69, 9.17) is 4.79 Å². The van der Waals surface area contributed by atoms with Crippen molar-refractivity contribution in [2.24, 2.45) is 0 Å². The molecule has 0 aromatic carbocycles. The highest BCUT2D eigenvalue weighted by Crippen LogP contribution is 1.53. The van der Waals surface area contributed by atoms with E-state index in [1.807, 2.05) is 23.1 Å². The highest BCUT2D eigenvalue weighted by atomic mass is 31.0. The van der Waals surface area contributed by atoms with Gasteiger partial charge >= 0.3 is 0 Å². The summed E-state index contributed by atoms with van der Waals surface area (Å²) in [7, 11) is 1.90. The molecule has 0 saturated carbocycles. The number of rotatable bonds is 0. The number of carbonyl (C=O) groups excluding carboxylic acids is 1. The minimum absolute atomic E-state index is 0.667. The summed E-state index contributed by atoms with van der Waals surface area (Å²) in [4.78, 5) is 8.77. The van der Waals surface area contributed by atoms with Gasteiger partial charge in [-0.15, -0.1) is 0 Å². The fourth-order valence-electron chi connectivity index (χ4n) is 0. The fraction of sp³-hybridized carbons (Fsp3) is 0.667. The molecule has 1 unspecified atom stereocenters. The predicted molar refractivity (Wildman–Crippen MR) is 27.8 cm³/mol. The van der Waals surface area contributed by atoms with E-state index in [-0.39, 0.29) is 0 Å². The van der Waals surface area contributed by atoms with Crippen molar-refractivity contribution >= 4 is 15.3 Å². The number of hydrogen-bond acceptors (Lipinski definition) is 1. The van der Waals surface area contributed by atoms with E-state index in [0.29, 0.717) is 6.03 Å². The summed E-state index contributed by atoms with van der Waals surface area (Å²) in [6.07, 6.45) is 0. The Morgan fingerprint density at radius 2 is 1.60 bits per heavy atom. The third-order valence-electron chi connectivity index (χ3n) is 0. The molecule has 0 heterocycles. The van der Waals surface area contributed by atoms with E-state index in [2.05, 4.69) is 0 Å². The number of carbonyl (C=O) groups is 1.